The Kier molecular flexibility index (Phi) is 9.57. The maximum Gasteiger partial charge on any atom is 0.416 e. The summed E-state index contributed by atoms with van der Waals surface area (Å²) in [6, 6.07) is 5.12. The van der Waals surface area contributed by atoms with Gasteiger partial charge in [-0.05, 0) is 24.1 Å². The lowest BCUT2D eigenvalue weighted by molar-refractivity contribution is -0.137. The fraction of sp³-hybridized carbons (Fsp3) is 0.619. The monoisotopic (exact) mass is 444 g/mol. The lowest BCUT2D eigenvalue weighted by Gasteiger charge is -2.23. The summed E-state index contributed by atoms with van der Waals surface area (Å²) in [6.45, 7) is 3.21. The minimum Gasteiger partial charge on any atom is -0.382 e. The number of nitrogens with zero attached hydrogens (tertiary/aromatic N) is 3. The summed E-state index contributed by atoms with van der Waals surface area (Å²) in [7, 11) is 4.94. The van der Waals surface area contributed by atoms with Gasteiger partial charge in [-0.3, -0.25) is 4.79 Å². The van der Waals surface area contributed by atoms with Crippen molar-refractivity contribution in [3.63, 3.8) is 0 Å². The summed E-state index contributed by atoms with van der Waals surface area (Å²) >= 11 is 0. The van der Waals surface area contributed by atoms with Gasteiger partial charge in [0.05, 0.1) is 38.5 Å². The number of likely N-dealkylation sites (tertiary alicyclic amines) is 1. The maximum absolute atomic E-state index is 13.0. The molecular weight excluding hydrogens is 413 g/mol. The number of carbonyl (C=O) groups excluding carboxylic acids is 1. The number of rotatable bonds is 9. The normalized spacial score (nSPS) is 17.2. The van der Waals surface area contributed by atoms with Gasteiger partial charge in [0.1, 0.15) is 0 Å². The lowest BCUT2D eigenvalue weighted by Crippen LogP contribution is -2.44. The van der Waals surface area contributed by atoms with E-state index in [0.717, 1.165) is 25.1 Å². The Balaban J connectivity index is 2.05. The van der Waals surface area contributed by atoms with Crippen molar-refractivity contribution >= 4 is 11.9 Å². The molecular formula is C21H31F3N4O3. The van der Waals surface area contributed by atoms with E-state index < -0.39 is 11.7 Å². The zero-order valence-electron chi connectivity index (χ0n) is 18.2. The number of nitrogens with one attached hydrogen (secondary N) is 1. The van der Waals surface area contributed by atoms with Crippen LogP contribution in [0.3, 0.4) is 0 Å². The molecule has 1 fully saturated rings. The molecule has 0 aliphatic carbocycles. The number of aliphatic imine (C=N–C) groups is 1. The van der Waals surface area contributed by atoms with Crippen molar-refractivity contribution in [3.8, 4) is 0 Å². The fourth-order valence-electron chi connectivity index (χ4n) is 3.15. The van der Waals surface area contributed by atoms with Gasteiger partial charge >= 0.3 is 6.18 Å². The average Bonchev–Trinajstić information content (AvgIpc) is 3.19. The van der Waals surface area contributed by atoms with Crippen LogP contribution in [0.15, 0.2) is 29.3 Å². The zero-order chi connectivity index (χ0) is 22.9. The predicted molar refractivity (Wildman–Crippen MR) is 112 cm³/mol. The maximum atomic E-state index is 13.0. The number of alkyl halides is 3. The van der Waals surface area contributed by atoms with Crippen LogP contribution in [0.25, 0.3) is 0 Å². The summed E-state index contributed by atoms with van der Waals surface area (Å²) < 4.78 is 49.5. The number of ether oxygens (including phenoxy) is 2. The van der Waals surface area contributed by atoms with Crippen molar-refractivity contribution in [3.05, 3.63) is 35.4 Å². The lowest BCUT2D eigenvalue weighted by atomic mass is 10.1. The molecule has 174 valence electrons. The van der Waals surface area contributed by atoms with Crippen LogP contribution in [-0.2, 0) is 27.0 Å². The number of hydrogen-bond donors (Lipinski definition) is 1. The third-order valence-electron chi connectivity index (χ3n) is 4.93. The minimum atomic E-state index is -4.40. The molecule has 0 spiro atoms. The number of carbonyl (C=O) groups is 1. The van der Waals surface area contributed by atoms with Crippen molar-refractivity contribution in [2.45, 2.75) is 19.1 Å². The second kappa shape index (κ2) is 11.9. The van der Waals surface area contributed by atoms with Crippen molar-refractivity contribution in [2.24, 2.45) is 10.9 Å². The van der Waals surface area contributed by atoms with Crippen molar-refractivity contribution < 1.29 is 27.4 Å². The van der Waals surface area contributed by atoms with Crippen LogP contribution >= 0.6 is 0 Å². The fourth-order valence-corrected chi connectivity index (χ4v) is 3.15. The molecule has 1 heterocycles. The van der Waals surface area contributed by atoms with E-state index >= 15 is 0 Å². The van der Waals surface area contributed by atoms with Crippen LogP contribution in [0.1, 0.15) is 17.5 Å². The minimum absolute atomic E-state index is 0.0555. The molecule has 1 N–H and O–H groups in total. The molecule has 1 aromatic rings. The van der Waals surface area contributed by atoms with Gasteiger partial charge in [0.25, 0.3) is 0 Å². The first-order chi connectivity index (χ1) is 14.7. The first kappa shape index (κ1) is 24.9. The van der Waals surface area contributed by atoms with Gasteiger partial charge in [-0.25, -0.2) is 4.99 Å². The number of halogens is 3. The SMILES string of the molecule is COCCOCC1CCN(C(=NCc2cccc(C(F)(F)F)c2)NCC(=O)N(C)C)C1. The van der Waals surface area contributed by atoms with Gasteiger partial charge in [0.15, 0.2) is 5.96 Å². The van der Waals surface area contributed by atoms with Crippen LogP contribution in [0.4, 0.5) is 13.2 Å². The summed E-state index contributed by atoms with van der Waals surface area (Å²) in [5, 5.41) is 3.06. The first-order valence-electron chi connectivity index (χ1n) is 10.2. The molecule has 1 unspecified atom stereocenters. The van der Waals surface area contributed by atoms with E-state index in [1.165, 1.54) is 11.0 Å². The zero-order valence-corrected chi connectivity index (χ0v) is 18.2. The second-order valence-electron chi connectivity index (χ2n) is 7.65. The van der Waals surface area contributed by atoms with E-state index in [1.807, 2.05) is 4.90 Å². The van der Waals surface area contributed by atoms with Crippen molar-refractivity contribution in [2.75, 3.05) is 60.7 Å². The van der Waals surface area contributed by atoms with Gasteiger partial charge < -0.3 is 24.6 Å². The summed E-state index contributed by atoms with van der Waals surface area (Å²) in [4.78, 5) is 20.0. The molecule has 1 amide bonds. The molecule has 7 nitrogen and oxygen atoms in total. The van der Waals surface area contributed by atoms with Gasteiger partial charge in [0, 0.05) is 40.2 Å². The Hall–Kier alpha value is -2.33. The highest BCUT2D eigenvalue weighted by molar-refractivity contribution is 5.86. The van der Waals surface area contributed by atoms with Crippen LogP contribution in [-0.4, -0.2) is 82.3 Å². The van der Waals surface area contributed by atoms with E-state index in [9.17, 15) is 18.0 Å². The Bertz CT molecular complexity index is 741. The van der Waals surface area contributed by atoms with Gasteiger partial charge in [-0.1, -0.05) is 12.1 Å². The number of benzene rings is 1. The largest absolute Gasteiger partial charge is 0.416 e. The second-order valence-corrected chi connectivity index (χ2v) is 7.65. The molecule has 0 saturated carbocycles. The van der Waals surface area contributed by atoms with E-state index in [0.29, 0.717) is 43.8 Å². The van der Waals surface area contributed by atoms with Crippen LogP contribution in [0.5, 0.6) is 0 Å². The van der Waals surface area contributed by atoms with Crippen molar-refractivity contribution in [1.82, 2.24) is 15.1 Å². The van der Waals surface area contributed by atoms with Crippen LogP contribution in [0, 0.1) is 5.92 Å². The average molecular weight is 444 g/mol. The van der Waals surface area contributed by atoms with Gasteiger partial charge in [-0.15, -0.1) is 0 Å². The number of amides is 1. The number of likely N-dealkylation sites (N-methyl/N-ethyl adjacent to an activating group) is 1. The third-order valence-corrected chi connectivity index (χ3v) is 4.93. The standard InChI is InChI=1S/C21H31F3N4O3/c1-27(2)19(29)13-26-20(28-8-7-17(14-28)15-31-10-9-30-3)25-12-16-5-4-6-18(11-16)21(22,23)24/h4-6,11,17H,7-10,12-15H2,1-3H3,(H,25,26). The Morgan fingerprint density at radius 1 is 1.32 bits per heavy atom. The first-order valence-corrected chi connectivity index (χ1v) is 10.2. The number of hydrogen-bond acceptors (Lipinski definition) is 4. The highest BCUT2D eigenvalue weighted by Gasteiger charge is 2.30. The molecule has 0 aromatic heterocycles. The predicted octanol–water partition coefficient (Wildman–Crippen LogP) is 2.22. The molecule has 10 heteroatoms. The third kappa shape index (κ3) is 8.37. The van der Waals surface area contributed by atoms with Crippen LogP contribution < -0.4 is 5.32 Å². The summed E-state index contributed by atoms with van der Waals surface area (Å²) in [5.41, 5.74) is -0.251. The molecule has 0 radical (unpaired) electrons. The van der Waals surface area contributed by atoms with Crippen molar-refractivity contribution in [1.29, 1.82) is 0 Å². The van der Waals surface area contributed by atoms with Gasteiger partial charge in [0.2, 0.25) is 5.91 Å². The Morgan fingerprint density at radius 2 is 2.10 bits per heavy atom. The van der Waals surface area contributed by atoms with E-state index in [1.54, 1.807) is 27.3 Å². The molecule has 1 saturated heterocycles. The molecule has 31 heavy (non-hydrogen) atoms. The molecule has 1 atom stereocenters. The van der Waals surface area contributed by atoms with E-state index in [2.05, 4.69) is 10.3 Å². The summed E-state index contributed by atoms with van der Waals surface area (Å²) in [6.07, 6.45) is -3.50. The molecule has 1 aliphatic rings. The van der Waals surface area contributed by atoms with E-state index in [-0.39, 0.29) is 19.0 Å². The smallest absolute Gasteiger partial charge is 0.382 e. The molecule has 0 bridgehead atoms. The quantitative estimate of drug-likeness (QED) is 0.360. The van der Waals surface area contributed by atoms with Gasteiger partial charge in [-0.2, -0.15) is 13.2 Å². The topological polar surface area (TPSA) is 66.4 Å². The number of methoxy groups -OCH3 is 1. The summed E-state index contributed by atoms with van der Waals surface area (Å²) in [5.74, 6) is 0.694. The van der Waals surface area contributed by atoms with Crippen LogP contribution in [0.2, 0.25) is 0 Å². The Morgan fingerprint density at radius 3 is 2.77 bits per heavy atom. The Labute approximate surface area is 181 Å². The molecule has 1 aliphatic heterocycles. The number of guanidine groups is 1. The molecule has 2 rings (SSSR count). The molecule has 1 aromatic carbocycles. The highest BCUT2D eigenvalue weighted by Crippen LogP contribution is 2.29. The highest BCUT2D eigenvalue weighted by atomic mass is 19.4. The van der Waals surface area contributed by atoms with E-state index in [4.69, 9.17) is 9.47 Å².